The Labute approximate surface area is 136 Å². The van der Waals surface area contributed by atoms with Crippen molar-refractivity contribution in [2.24, 2.45) is 0 Å². The number of nitrogens with one attached hydrogen (secondary N) is 2. The smallest absolute Gasteiger partial charge is 0.225 e. The lowest BCUT2D eigenvalue weighted by molar-refractivity contribution is 0.414. The summed E-state index contributed by atoms with van der Waals surface area (Å²) in [7, 11) is 1.69. The molecule has 0 unspecified atom stereocenters. The van der Waals surface area contributed by atoms with Crippen molar-refractivity contribution in [1.29, 1.82) is 0 Å². The number of hydrogen-bond acceptors (Lipinski definition) is 5. The molecule has 4 rings (SSSR count). The molecule has 5 heteroatoms. The monoisotopic (exact) mass is 310 g/mol. The van der Waals surface area contributed by atoms with Crippen LogP contribution in [0, 0.1) is 0 Å². The maximum Gasteiger partial charge on any atom is 0.225 e. The van der Waals surface area contributed by atoms with Crippen molar-refractivity contribution in [1.82, 2.24) is 9.97 Å². The molecule has 0 atom stereocenters. The van der Waals surface area contributed by atoms with Gasteiger partial charge in [-0.15, -0.1) is 0 Å². The number of hydrogen-bond donors (Lipinski definition) is 2. The van der Waals surface area contributed by atoms with E-state index in [1.165, 1.54) is 31.2 Å². The van der Waals surface area contributed by atoms with Gasteiger partial charge in [0.25, 0.3) is 0 Å². The van der Waals surface area contributed by atoms with Gasteiger partial charge in [-0.3, -0.25) is 0 Å². The molecule has 0 aliphatic heterocycles. The van der Waals surface area contributed by atoms with Gasteiger partial charge in [0.05, 0.1) is 12.8 Å². The minimum absolute atomic E-state index is 0.565. The number of benzene rings is 1. The fourth-order valence-electron chi connectivity index (χ4n) is 2.59. The summed E-state index contributed by atoms with van der Waals surface area (Å²) in [4.78, 5) is 9.29. The molecule has 0 saturated heterocycles. The molecule has 120 valence electrons. The number of anilines is 2. The lowest BCUT2D eigenvalue weighted by atomic mass is 10.2. The predicted octanol–water partition coefficient (Wildman–Crippen LogP) is 3.55. The summed E-state index contributed by atoms with van der Waals surface area (Å²) in [5.41, 5.74) is 2.34. The number of rotatable bonds is 7. The highest BCUT2D eigenvalue weighted by Gasteiger charge is 2.27. The predicted molar refractivity (Wildman–Crippen MR) is 91.0 cm³/mol. The Morgan fingerprint density at radius 2 is 2.00 bits per heavy atom. The second-order valence-electron chi connectivity index (χ2n) is 6.40. The fraction of sp³-hybridized carbons (Fsp3) is 0.444. The van der Waals surface area contributed by atoms with Crippen LogP contribution < -0.4 is 15.4 Å². The molecule has 2 aliphatic rings. The maximum atomic E-state index is 5.27. The third-order valence-corrected chi connectivity index (χ3v) is 4.26. The van der Waals surface area contributed by atoms with Crippen molar-refractivity contribution in [3.8, 4) is 5.75 Å². The van der Waals surface area contributed by atoms with Crippen LogP contribution in [0.4, 0.5) is 11.8 Å². The highest BCUT2D eigenvalue weighted by Crippen LogP contribution is 2.40. The van der Waals surface area contributed by atoms with E-state index in [4.69, 9.17) is 4.74 Å². The zero-order valence-electron chi connectivity index (χ0n) is 13.4. The number of ether oxygens (including phenoxy) is 1. The van der Waals surface area contributed by atoms with Gasteiger partial charge in [-0.1, -0.05) is 12.1 Å². The summed E-state index contributed by atoms with van der Waals surface area (Å²) in [6.07, 6.45) is 4.94. The van der Waals surface area contributed by atoms with E-state index in [-0.39, 0.29) is 0 Å². The molecule has 0 spiro atoms. The molecule has 0 amide bonds. The van der Waals surface area contributed by atoms with Crippen LogP contribution in [-0.2, 0) is 6.54 Å². The number of aromatic nitrogens is 2. The van der Waals surface area contributed by atoms with Crippen LogP contribution in [-0.4, -0.2) is 23.1 Å². The van der Waals surface area contributed by atoms with Crippen LogP contribution in [0.3, 0.4) is 0 Å². The van der Waals surface area contributed by atoms with E-state index in [0.29, 0.717) is 12.0 Å². The van der Waals surface area contributed by atoms with Crippen LogP contribution in [0.15, 0.2) is 30.3 Å². The molecule has 0 bridgehead atoms. The molecule has 1 heterocycles. The van der Waals surface area contributed by atoms with Crippen LogP contribution >= 0.6 is 0 Å². The first kappa shape index (κ1) is 14.3. The molecule has 1 aromatic carbocycles. The van der Waals surface area contributed by atoms with Crippen molar-refractivity contribution in [2.75, 3.05) is 17.7 Å². The average molecular weight is 310 g/mol. The quantitative estimate of drug-likeness (QED) is 0.819. The average Bonchev–Trinajstić information content (AvgIpc) is 3.46. The SMILES string of the molecule is COc1cccc(CNc2cc(C3CC3)nc(NC3CC3)n2)c1. The van der Waals surface area contributed by atoms with E-state index < -0.39 is 0 Å². The van der Waals surface area contributed by atoms with Crippen LogP contribution in [0.5, 0.6) is 5.75 Å². The van der Waals surface area contributed by atoms with E-state index in [2.05, 4.69) is 32.7 Å². The van der Waals surface area contributed by atoms with Crippen molar-refractivity contribution in [3.05, 3.63) is 41.6 Å². The summed E-state index contributed by atoms with van der Waals surface area (Å²) >= 11 is 0. The van der Waals surface area contributed by atoms with Crippen LogP contribution in [0.2, 0.25) is 0 Å². The van der Waals surface area contributed by atoms with E-state index in [1.807, 2.05) is 18.2 Å². The summed E-state index contributed by atoms with van der Waals surface area (Å²) < 4.78 is 5.27. The summed E-state index contributed by atoms with van der Waals surface area (Å²) in [5.74, 6) is 3.16. The van der Waals surface area contributed by atoms with E-state index in [1.54, 1.807) is 7.11 Å². The maximum absolute atomic E-state index is 5.27. The van der Waals surface area contributed by atoms with Crippen molar-refractivity contribution >= 4 is 11.8 Å². The summed E-state index contributed by atoms with van der Waals surface area (Å²) in [5, 5.41) is 6.84. The van der Waals surface area contributed by atoms with Gasteiger partial charge in [0, 0.05) is 24.6 Å². The first-order valence-electron chi connectivity index (χ1n) is 8.32. The number of methoxy groups -OCH3 is 1. The molecule has 2 aromatic rings. The zero-order chi connectivity index (χ0) is 15.6. The summed E-state index contributed by atoms with van der Waals surface area (Å²) in [6, 6.07) is 10.7. The highest BCUT2D eigenvalue weighted by atomic mass is 16.5. The molecule has 2 saturated carbocycles. The Bertz CT molecular complexity index is 695. The summed E-state index contributed by atoms with van der Waals surface area (Å²) in [6.45, 7) is 0.723. The molecular weight excluding hydrogens is 288 g/mol. The Balaban J connectivity index is 1.49. The van der Waals surface area contributed by atoms with Gasteiger partial charge in [0.2, 0.25) is 5.95 Å². The minimum atomic E-state index is 0.565. The molecule has 23 heavy (non-hydrogen) atoms. The molecule has 2 aliphatic carbocycles. The van der Waals surface area contributed by atoms with Gasteiger partial charge in [-0.25, -0.2) is 4.98 Å². The normalized spacial score (nSPS) is 16.9. The van der Waals surface area contributed by atoms with Gasteiger partial charge in [-0.05, 0) is 43.4 Å². The zero-order valence-corrected chi connectivity index (χ0v) is 13.4. The third-order valence-electron chi connectivity index (χ3n) is 4.26. The second-order valence-corrected chi connectivity index (χ2v) is 6.40. The van der Waals surface area contributed by atoms with Gasteiger partial charge in [-0.2, -0.15) is 4.98 Å². The molecule has 5 nitrogen and oxygen atoms in total. The Morgan fingerprint density at radius 1 is 1.13 bits per heavy atom. The molecular formula is C18H22N4O. The van der Waals surface area contributed by atoms with Crippen molar-refractivity contribution in [3.63, 3.8) is 0 Å². The second kappa shape index (κ2) is 6.07. The van der Waals surface area contributed by atoms with Crippen LogP contribution in [0.25, 0.3) is 0 Å². The molecule has 1 aromatic heterocycles. The Hall–Kier alpha value is -2.30. The number of nitrogens with zero attached hydrogens (tertiary/aromatic N) is 2. The first-order chi connectivity index (χ1) is 11.3. The topological polar surface area (TPSA) is 59.1 Å². The Morgan fingerprint density at radius 3 is 2.74 bits per heavy atom. The van der Waals surface area contributed by atoms with Gasteiger partial charge >= 0.3 is 0 Å². The van der Waals surface area contributed by atoms with E-state index >= 15 is 0 Å². The van der Waals surface area contributed by atoms with Crippen molar-refractivity contribution in [2.45, 2.75) is 44.2 Å². The minimum Gasteiger partial charge on any atom is -0.497 e. The largest absolute Gasteiger partial charge is 0.497 e. The molecule has 0 radical (unpaired) electrons. The fourth-order valence-corrected chi connectivity index (χ4v) is 2.59. The van der Waals surface area contributed by atoms with Gasteiger partial charge < -0.3 is 15.4 Å². The van der Waals surface area contributed by atoms with E-state index in [0.717, 1.165) is 29.8 Å². The van der Waals surface area contributed by atoms with E-state index in [9.17, 15) is 0 Å². The third kappa shape index (κ3) is 3.73. The van der Waals surface area contributed by atoms with Gasteiger partial charge in [0.1, 0.15) is 11.6 Å². The molecule has 2 N–H and O–H groups in total. The van der Waals surface area contributed by atoms with Gasteiger partial charge in [0.15, 0.2) is 0 Å². The highest BCUT2D eigenvalue weighted by molar-refractivity contribution is 5.45. The lowest BCUT2D eigenvalue weighted by Gasteiger charge is -2.11. The van der Waals surface area contributed by atoms with Crippen LogP contribution in [0.1, 0.15) is 42.9 Å². The first-order valence-corrected chi connectivity index (χ1v) is 8.32. The van der Waals surface area contributed by atoms with Crippen molar-refractivity contribution < 1.29 is 4.74 Å². The standard InChI is InChI=1S/C18H22N4O/c1-23-15-4-2-3-12(9-15)11-19-17-10-16(13-5-6-13)21-18(22-17)20-14-7-8-14/h2-4,9-10,13-14H,5-8,11H2,1H3,(H2,19,20,21,22). The lowest BCUT2D eigenvalue weighted by Crippen LogP contribution is -2.10. The molecule has 2 fully saturated rings. The Kier molecular flexibility index (Phi) is 3.77.